The molecule has 1 N–H and O–H groups in total. The van der Waals surface area contributed by atoms with E-state index < -0.39 is 11.9 Å². The molecule has 27 heavy (non-hydrogen) atoms. The Hall–Kier alpha value is -2.17. The maximum atomic E-state index is 12.8. The molecule has 1 heterocycles. The van der Waals surface area contributed by atoms with E-state index in [0.717, 1.165) is 51.4 Å². The number of likely N-dealkylation sites (tertiary alicyclic amines) is 1. The van der Waals surface area contributed by atoms with Crippen LogP contribution in [-0.4, -0.2) is 41.6 Å². The molecule has 1 aromatic carbocycles. The van der Waals surface area contributed by atoms with Gasteiger partial charge in [0.15, 0.2) is 0 Å². The summed E-state index contributed by atoms with van der Waals surface area (Å²) in [7, 11) is 0. The van der Waals surface area contributed by atoms with Gasteiger partial charge in [-0.15, -0.1) is 0 Å². The number of benzene rings is 1. The minimum atomic E-state index is -0.505. The SMILES string of the molecule is O=C(C(=O)N1CCCCC1C(=O)NCCc1ccccc1)C1CCCCC1. The standard InChI is InChI=1S/C22H30N2O3/c25-20(18-11-5-2-6-12-18)22(27)24-16-8-7-13-19(24)21(26)23-15-14-17-9-3-1-4-10-17/h1,3-4,9-10,18-19H,2,5-8,11-16H2,(H,23,26). The summed E-state index contributed by atoms with van der Waals surface area (Å²) in [6, 6.07) is 9.49. The summed E-state index contributed by atoms with van der Waals surface area (Å²) >= 11 is 0. The van der Waals surface area contributed by atoms with Crippen molar-refractivity contribution in [2.75, 3.05) is 13.1 Å². The molecule has 2 amide bonds. The molecule has 2 fully saturated rings. The van der Waals surface area contributed by atoms with Gasteiger partial charge in [0.25, 0.3) is 5.91 Å². The zero-order valence-corrected chi connectivity index (χ0v) is 16.0. The number of ketones is 1. The molecule has 2 aliphatic rings. The van der Waals surface area contributed by atoms with Crippen molar-refractivity contribution in [3.8, 4) is 0 Å². The average molecular weight is 370 g/mol. The van der Waals surface area contributed by atoms with Gasteiger partial charge in [0, 0.05) is 19.0 Å². The summed E-state index contributed by atoms with van der Waals surface area (Å²) in [5.41, 5.74) is 1.17. The minimum absolute atomic E-state index is 0.129. The Balaban J connectivity index is 1.56. The summed E-state index contributed by atoms with van der Waals surface area (Å²) in [5, 5.41) is 2.96. The highest BCUT2D eigenvalue weighted by atomic mass is 16.2. The van der Waals surface area contributed by atoms with Crippen LogP contribution in [0.25, 0.3) is 0 Å². The number of hydrogen-bond donors (Lipinski definition) is 1. The molecule has 1 saturated carbocycles. The van der Waals surface area contributed by atoms with Crippen LogP contribution in [-0.2, 0) is 20.8 Å². The fraction of sp³-hybridized carbons (Fsp3) is 0.591. The third-order valence-corrected chi connectivity index (χ3v) is 5.81. The Morgan fingerprint density at radius 1 is 0.926 bits per heavy atom. The van der Waals surface area contributed by atoms with E-state index in [4.69, 9.17) is 0 Å². The van der Waals surface area contributed by atoms with Crippen LogP contribution in [0.5, 0.6) is 0 Å². The van der Waals surface area contributed by atoms with Crippen molar-refractivity contribution < 1.29 is 14.4 Å². The summed E-state index contributed by atoms with van der Waals surface area (Å²) < 4.78 is 0. The topological polar surface area (TPSA) is 66.5 Å². The molecular weight excluding hydrogens is 340 g/mol. The lowest BCUT2D eigenvalue weighted by Gasteiger charge is -2.35. The highest BCUT2D eigenvalue weighted by molar-refractivity contribution is 6.37. The van der Waals surface area contributed by atoms with E-state index in [0.29, 0.717) is 19.5 Å². The van der Waals surface area contributed by atoms with E-state index in [1.54, 1.807) is 0 Å². The van der Waals surface area contributed by atoms with E-state index in [9.17, 15) is 14.4 Å². The van der Waals surface area contributed by atoms with Gasteiger partial charge >= 0.3 is 0 Å². The third-order valence-electron chi connectivity index (χ3n) is 5.81. The summed E-state index contributed by atoms with van der Waals surface area (Å²) in [6.07, 6.45) is 7.98. The molecule has 146 valence electrons. The maximum Gasteiger partial charge on any atom is 0.290 e. The van der Waals surface area contributed by atoms with Gasteiger partial charge in [0.2, 0.25) is 11.7 Å². The number of rotatable bonds is 6. The Kier molecular flexibility index (Phi) is 7.02. The van der Waals surface area contributed by atoms with Crippen molar-refractivity contribution in [1.29, 1.82) is 0 Å². The monoisotopic (exact) mass is 370 g/mol. The van der Waals surface area contributed by atoms with Crippen molar-refractivity contribution in [3.05, 3.63) is 35.9 Å². The molecule has 3 rings (SSSR count). The average Bonchev–Trinajstić information content (AvgIpc) is 2.74. The zero-order chi connectivity index (χ0) is 19.1. The van der Waals surface area contributed by atoms with E-state index in [1.165, 1.54) is 10.5 Å². The first kappa shape index (κ1) is 19.6. The molecule has 1 aliphatic carbocycles. The Labute approximate surface area is 161 Å². The second-order valence-electron chi connectivity index (χ2n) is 7.74. The molecule has 1 saturated heterocycles. The van der Waals surface area contributed by atoms with Crippen LogP contribution in [0.1, 0.15) is 56.9 Å². The number of nitrogens with zero attached hydrogens (tertiary/aromatic N) is 1. The highest BCUT2D eigenvalue weighted by Gasteiger charge is 2.37. The molecule has 0 aromatic heterocycles. The van der Waals surface area contributed by atoms with Crippen LogP contribution in [0, 0.1) is 5.92 Å². The summed E-state index contributed by atoms with van der Waals surface area (Å²) in [5.74, 6) is -0.992. The maximum absolute atomic E-state index is 12.8. The van der Waals surface area contributed by atoms with Crippen molar-refractivity contribution in [3.63, 3.8) is 0 Å². The fourth-order valence-electron chi connectivity index (χ4n) is 4.22. The van der Waals surface area contributed by atoms with Crippen LogP contribution in [0.15, 0.2) is 30.3 Å². The first-order valence-corrected chi connectivity index (χ1v) is 10.3. The Morgan fingerprint density at radius 3 is 2.37 bits per heavy atom. The van der Waals surface area contributed by atoms with Gasteiger partial charge in [-0.05, 0) is 44.1 Å². The summed E-state index contributed by atoms with van der Waals surface area (Å²) in [6.45, 7) is 1.05. The van der Waals surface area contributed by atoms with E-state index in [-0.39, 0.29) is 17.6 Å². The molecular formula is C22H30N2O3. The molecule has 5 heteroatoms. The fourth-order valence-corrected chi connectivity index (χ4v) is 4.22. The molecule has 0 spiro atoms. The van der Waals surface area contributed by atoms with Crippen LogP contribution >= 0.6 is 0 Å². The number of piperidine rings is 1. The number of hydrogen-bond acceptors (Lipinski definition) is 3. The lowest BCUT2D eigenvalue weighted by molar-refractivity contribution is -0.152. The molecule has 0 bridgehead atoms. The van der Waals surface area contributed by atoms with E-state index in [2.05, 4.69) is 5.32 Å². The second kappa shape index (κ2) is 9.67. The van der Waals surface area contributed by atoms with Crippen LogP contribution in [0.2, 0.25) is 0 Å². The molecule has 0 radical (unpaired) electrons. The van der Waals surface area contributed by atoms with Crippen molar-refractivity contribution >= 4 is 17.6 Å². The van der Waals surface area contributed by atoms with E-state index >= 15 is 0 Å². The van der Waals surface area contributed by atoms with Gasteiger partial charge < -0.3 is 10.2 Å². The Morgan fingerprint density at radius 2 is 1.63 bits per heavy atom. The molecule has 5 nitrogen and oxygen atoms in total. The van der Waals surface area contributed by atoms with Crippen molar-refractivity contribution in [1.82, 2.24) is 10.2 Å². The van der Waals surface area contributed by atoms with Gasteiger partial charge in [-0.2, -0.15) is 0 Å². The van der Waals surface area contributed by atoms with Crippen LogP contribution < -0.4 is 5.32 Å². The number of nitrogens with one attached hydrogen (secondary N) is 1. The van der Waals surface area contributed by atoms with Crippen molar-refractivity contribution in [2.45, 2.75) is 63.8 Å². The minimum Gasteiger partial charge on any atom is -0.354 e. The first-order chi connectivity index (χ1) is 13.2. The lowest BCUT2D eigenvalue weighted by Crippen LogP contribution is -2.54. The van der Waals surface area contributed by atoms with Gasteiger partial charge in [0.05, 0.1) is 0 Å². The smallest absolute Gasteiger partial charge is 0.290 e. The third kappa shape index (κ3) is 5.18. The van der Waals surface area contributed by atoms with Crippen LogP contribution in [0.4, 0.5) is 0 Å². The number of amides is 2. The predicted octanol–water partition coefficient (Wildman–Crippen LogP) is 2.88. The number of carbonyl (C=O) groups is 3. The molecule has 1 unspecified atom stereocenters. The Bertz CT molecular complexity index is 653. The van der Waals surface area contributed by atoms with Crippen molar-refractivity contribution in [2.24, 2.45) is 5.92 Å². The van der Waals surface area contributed by atoms with Crippen LogP contribution in [0.3, 0.4) is 0 Å². The number of Topliss-reactive ketones (excluding diaryl/α,β-unsaturated/α-hetero) is 1. The van der Waals surface area contributed by atoms with E-state index in [1.807, 2.05) is 30.3 Å². The zero-order valence-electron chi connectivity index (χ0n) is 16.0. The highest BCUT2D eigenvalue weighted by Crippen LogP contribution is 2.26. The molecule has 1 atom stereocenters. The molecule has 1 aliphatic heterocycles. The summed E-state index contributed by atoms with van der Waals surface area (Å²) in [4.78, 5) is 39.7. The quantitative estimate of drug-likeness (QED) is 0.783. The van der Waals surface area contributed by atoms with Gasteiger partial charge in [-0.1, -0.05) is 49.6 Å². The normalized spacial score (nSPS) is 20.9. The second-order valence-corrected chi connectivity index (χ2v) is 7.74. The van der Waals surface area contributed by atoms with Gasteiger partial charge in [-0.25, -0.2) is 0 Å². The molecule has 1 aromatic rings. The lowest BCUT2D eigenvalue weighted by atomic mass is 9.85. The van der Waals surface area contributed by atoms with Gasteiger partial charge in [-0.3, -0.25) is 14.4 Å². The van der Waals surface area contributed by atoms with Gasteiger partial charge in [0.1, 0.15) is 6.04 Å². The predicted molar refractivity (Wildman–Crippen MR) is 104 cm³/mol. The largest absolute Gasteiger partial charge is 0.354 e. The number of carbonyl (C=O) groups excluding carboxylic acids is 3. The first-order valence-electron chi connectivity index (χ1n) is 10.3.